The molecule has 2 fully saturated rings. The number of piperidine rings is 2. The molecule has 0 aromatic carbocycles. The molecule has 2 aliphatic heterocycles. The highest BCUT2D eigenvalue weighted by atomic mass is 16.6. The van der Waals surface area contributed by atoms with Gasteiger partial charge in [-0.3, -0.25) is 4.79 Å². The number of rotatable bonds is 1. The molecule has 1 amide bonds. The van der Waals surface area contributed by atoms with E-state index in [4.69, 9.17) is 4.74 Å². The number of nitrogens with zero attached hydrogens (tertiary/aromatic N) is 2. The summed E-state index contributed by atoms with van der Waals surface area (Å²) in [5, 5.41) is 0. The number of likely N-dealkylation sites (tertiary alicyclic amines) is 2. The summed E-state index contributed by atoms with van der Waals surface area (Å²) in [6.45, 7) is 11.2. The molecule has 0 aliphatic carbocycles. The summed E-state index contributed by atoms with van der Waals surface area (Å²) in [5.41, 5.74) is -0.483. The zero-order chi connectivity index (χ0) is 14.2. The summed E-state index contributed by atoms with van der Waals surface area (Å²) >= 11 is 0. The molecule has 2 rings (SSSR count). The average Bonchev–Trinajstić information content (AvgIpc) is 2.26. The lowest BCUT2D eigenvalue weighted by atomic mass is 9.83. The number of Topliss-reactive ketones (excluding diaryl/α,β-unsaturated/α-hetero) is 1. The number of hydrogen-bond acceptors (Lipinski definition) is 4. The smallest absolute Gasteiger partial charge is 0.410 e. The average molecular weight is 268 g/mol. The predicted molar refractivity (Wildman–Crippen MR) is 71.9 cm³/mol. The third-order valence-electron chi connectivity index (χ3n) is 3.74. The van der Waals surface area contributed by atoms with Crippen molar-refractivity contribution < 1.29 is 14.3 Å². The first-order valence-corrected chi connectivity index (χ1v) is 7.04. The van der Waals surface area contributed by atoms with Crippen LogP contribution in [0.25, 0.3) is 0 Å². The van der Waals surface area contributed by atoms with Crippen molar-refractivity contribution in [1.29, 1.82) is 0 Å². The second-order valence-electron chi connectivity index (χ2n) is 6.53. The molecule has 2 aliphatic rings. The molecule has 0 spiro atoms. The fourth-order valence-electron chi connectivity index (χ4n) is 2.85. The van der Waals surface area contributed by atoms with Crippen LogP contribution in [-0.2, 0) is 9.53 Å². The van der Waals surface area contributed by atoms with Gasteiger partial charge >= 0.3 is 6.09 Å². The SMILES string of the molecule is CCN1C[C@@H]2CN(C(=O)OC(C)(C)C)C[C@@H](C1)C2=O. The number of hydrogen-bond donors (Lipinski definition) is 0. The highest BCUT2D eigenvalue weighted by molar-refractivity contribution is 5.87. The quantitative estimate of drug-likeness (QED) is 0.721. The molecule has 5 nitrogen and oxygen atoms in total. The fraction of sp³-hybridized carbons (Fsp3) is 0.857. The highest BCUT2D eigenvalue weighted by Crippen LogP contribution is 2.26. The van der Waals surface area contributed by atoms with Crippen LogP contribution in [0.15, 0.2) is 0 Å². The first kappa shape index (κ1) is 14.3. The van der Waals surface area contributed by atoms with Gasteiger partial charge in [0.25, 0.3) is 0 Å². The van der Waals surface area contributed by atoms with E-state index in [1.54, 1.807) is 4.90 Å². The fourth-order valence-corrected chi connectivity index (χ4v) is 2.85. The number of carbonyl (C=O) groups excluding carboxylic acids is 2. The lowest BCUT2D eigenvalue weighted by Crippen LogP contribution is -2.59. The molecule has 0 N–H and O–H groups in total. The van der Waals surface area contributed by atoms with Crippen LogP contribution < -0.4 is 0 Å². The van der Waals surface area contributed by atoms with Crippen molar-refractivity contribution in [3.63, 3.8) is 0 Å². The number of carbonyl (C=O) groups is 2. The zero-order valence-electron chi connectivity index (χ0n) is 12.3. The molecule has 0 saturated carbocycles. The van der Waals surface area contributed by atoms with Crippen molar-refractivity contribution in [2.24, 2.45) is 11.8 Å². The minimum absolute atomic E-state index is 0.0417. The third kappa shape index (κ3) is 3.26. The Morgan fingerprint density at radius 2 is 1.74 bits per heavy atom. The molecule has 0 unspecified atom stereocenters. The van der Waals surface area contributed by atoms with E-state index in [1.807, 2.05) is 20.8 Å². The first-order valence-electron chi connectivity index (χ1n) is 7.04. The van der Waals surface area contributed by atoms with Gasteiger partial charge in [0.15, 0.2) is 0 Å². The van der Waals surface area contributed by atoms with Gasteiger partial charge in [-0.15, -0.1) is 0 Å². The minimum Gasteiger partial charge on any atom is -0.444 e. The molecular weight excluding hydrogens is 244 g/mol. The van der Waals surface area contributed by atoms with Gasteiger partial charge in [-0.25, -0.2) is 4.79 Å². The molecule has 0 aromatic heterocycles. The summed E-state index contributed by atoms with van der Waals surface area (Å²) in [7, 11) is 0. The standard InChI is InChI=1S/C14H24N2O3/c1-5-15-6-10-8-16(9-11(7-15)12(10)17)13(18)19-14(2,3)4/h10-11H,5-9H2,1-4H3/t10-,11-/m1/s1. The van der Waals surface area contributed by atoms with Crippen molar-refractivity contribution >= 4 is 11.9 Å². The Kier molecular flexibility index (Phi) is 3.85. The molecule has 19 heavy (non-hydrogen) atoms. The van der Waals surface area contributed by atoms with Crippen molar-refractivity contribution in [3.05, 3.63) is 0 Å². The second kappa shape index (κ2) is 5.12. The summed E-state index contributed by atoms with van der Waals surface area (Å²) in [6.07, 6.45) is -0.292. The van der Waals surface area contributed by atoms with Crippen molar-refractivity contribution in [3.8, 4) is 0 Å². The van der Waals surface area contributed by atoms with Crippen LogP contribution in [0.5, 0.6) is 0 Å². The van der Waals surface area contributed by atoms with E-state index in [2.05, 4.69) is 11.8 Å². The van der Waals surface area contributed by atoms with Gasteiger partial charge in [-0.2, -0.15) is 0 Å². The number of fused-ring (bicyclic) bond motifs is 2. The summed E-state index contributed by atoms with van der Waals surface area (Å²) < 4.78 is 5.39. The molecule has 5 heteroatoms. The van der Waals surface area contributed by atoms with Crippen LogP contribution in [-0.4, -0.2) is 60.0 Å². The molecule has 0 radical (unpaired) electrons. The maximum Gasteiger partial charge on any atom is 0.410 e. The number of amides is 1. The topological polar surface area (TPSA) is 49.9 Å². The number of ketones is 1. The van der Waals surface area contributed by atoms with Gasteiger partial charge in [0.2, 0.25) is 0 Å². The Morgan fingerprint density at radius 3 is 2.16 bits per heavy atom. The summed E-state index contributed by atoms with van der Waals surface area (Å²) in [5.74, 6) is 0.240. The van der Waals surface area contributed by atoms with Crippen molar-refractivity contribution in [2.75, 3.05) is 32.7 Å². The zero-order valence-corrected chi connectivity index (χ0v) is 12.3. The first-order chi connectivity index (χ1) is 8.80. The Balaban J connectivity index is 2.01. The second-order valence-corrected chi connectivity index (χ2v) is 6.53. The van der Waals surface area contributed by atoms with Crippen LogP contribution in [0.1, 0.15) is 27.7 Å². The Labute approximate surface area is 114 Å². The largest absolute Gasteiger partial charge is 0.444 e. The van der Waals surface area contributed by atoms with Crippen molar-refractivity contribution in [1.82, 2.24) is 9.80 Å². The molecule has 108 valence electrons. The maximum absolute atomic E-state index is 12.1. The normalized spacial score (nSPS) is 28.4. The Morgan fingerprint density at radius 1 is 1.21 bits per heavy atom. The highest BCUT2D eigenvalue weighted by Gasteiger charge is 2.42. The van der Waals surface area contributed by atoms with Crippen LogP contribution in [0.2, 0.25) is 0 Å². The van der Waals surface area contributed by atoms with E-state index in [9.17, 15) is 9.59 Å². The van der Waals surface area contributed by atoms with E-state index < -0.39 is 5.60 Å². The van der Waals surface area contributed by atoms with Gasteiger partial charge in [-0.1, -0.05) is 6.92 Å². The molecule has 2 bridgehead atoms. The van der Waals surface area contributed by atoms with E-state index >= 15 is 0 Å². The van der Waals surface area contributed by atoms with Crippen LogP contribution in [0.4, 0.5) is 4.79 Å². The van der Waals surface area contributed by atoms with Gasteiger partial charge in [0.1, 0.15) is 11.4 Å². The molecular formula is C14H24N2O3. The number of ether oxygens (including phenoxy) is 1. The lowest BCUT2D eigenvalue weighted by Gasteiger charge is -2.44. The van der Waals surface area contributed by atoms with Gasteiger partial charge in [0, 0.05) is 38.0 Å². The van der Waals surface area contributed by atoms with E-state index in [0.717, 1.165) is 19.6 Å². The minimum atomic E-state index is -0.483. The summed E-state index contributed by atoms with van der Waals surface area (Å²) in [4.78, 5) is 28.2. The van der Waals surface area contributed by atoms with Crippen LogP contribution >= 0.6 is 0 Å². The Bertz CT molecular complexity index is 357. The summed E-state index contributed by atoms with van der Waals surface area (Å²) in [6, 6.07) is 0. The van der Waals surface area contributed by atoms with Gasteiger partial charge in [-0.05, 0) is 27.3 Å². The van der Waals surface area contributed by atoms with Crippen molar-refractivity contribution in [2.45, 2.75) is 33.3 Å². The molecule has 2 heterocycles. The molecule has 2 atom stereocenters. The van der Waals surface area contributed by atoms with E-state index in [1.165, 1.54) is 0 Å². The lowest BCUT2D eigenvalue weighted by molar-refractivity contribution is -0.136. The molecule has 0 aromatic rings. The predicted octanol–water partition coefficient (Wildman–Crippen LogP) is 1.37. The Hall–Kier alpha value is -1.10. The van der Waals surface area contributed by atoms with E-state index in [-0.39, 0.29) is 17.9 Å². The molecule has 2 saturated heterocycles. The van der Waals surface area contributed by atoms with E-state index in [0.29, 0.717) is 18.9 Å². The monoisotopic (exact) mass is 268 g/mol. The van der Waals surface area contributed by atoms with Crippen LogP contribution in [0, 0.1) is 11.8 Å². The van der Waals surface area contributed by atoms with Gasteiger partial charge in [0.05, 0.1) is 0 Å². The third-order valence-corrected chi connectivity index (χ3v) is 3.74. The van der Waals surface area contributed by atoms with Crippen LogP contribution in [0.3, 0.4) is 0 Å². The van der Waals surface area contributed by atoms with Gasteiger partial charge < -0.3 is 14.5 Å². The maximum atomic E-state index is 12.1.